The number of halogens is 1. The number of rotatable bonds is 5. The topological polar surface area (TPSA) is 45.7 Å². The molecule has 1 aliphatic rings. The molecule has 1 aromatic carbocycles. The van der Waals surface area contributed by atoms with Gasteiger partial charge in [-0.05, 0) is 37.3 Å². The van der Waals surface area contributed by atoms with Gasteiger partial charge >= 0.3 is 0 Å². The zero-order valence-corrected chi connectivity index (χ0v) is 13.4. The Labute approximate surface area is 132 Å². The number of amides is 1. The molecule has 1 fully saturated rings. The third-order valence-corrected chi connectivity index (χ3v) is 4.59. The van der Waals surface area contributed by atoms with Crippen molar-refractivity contribution in [1.29, 1.82) is 0 Å². The van der Waals surface area contributed by atoms with E-state index in [9.17, 15) is 4.79 Å². The van der Waals surface area contributed by atoms with Gasteiger partial charge in [0, 0.05) is 11.6 Å². The largest absolute Gasteiger partial charge is 0.347 e. The minimum absolute atomic E-state index is 0.0944. The van der Waals surface area contributed by atoms with Crippen molar-refractivity contribution < 1.29 is 10.1 Å². The minimum Gasteiger partial charge on any atom is -0.347 e. The summed E-state index contributed by atoms with van der Waals surface area (Å²) in [4.78, 5) is 11.9. The van der Waals surface area contributed by atoms with Crippen LogP contribution in [0.3, 0.4) is 0 Å². The van der Waals surface area contributed by atoms with Crippen LogP contribution in [0.15, 0.2) is 24.3 Å². The maximum atomic E-state index is 11.9. The third kappa shape index (κ3) is 6.06. The van der Waals surface area contributed by atoms with Crippen molar-refractivity contribution in [2.45, 2.75) is 57.5 Å². The molecule has 0 saturated heterocycles. The quantitative estimate of drug-likeness (QED) is 0.863. The maximum Gasteiger partial charge on any atom is 0.275 e. The van der Waals surface area contributed by atoms with Crippen LogP contribution in [0.4, 0.5) is 0 Å². The lowest BCUT2D eigenvalue weighted by Gasteiger charge is -2.18. The van der Waals surface area contributed by atoms with Gasteiger partial charge in [-0.2, -0.15) is 0 Å². The first-order chi connectivity index (χ1) is 10.3. The van der Waals surface area contributed by atoms with Crippen molar-refractivity contribution in [1.82, 2.24) is 5.32 Å². The van der Waals surface area contributed by atoms with Gasteiger partial charge in [-0.3, -0.25) is 4.79 Å². The Morgan fingerprint density at radius 1 is 1.14 bits per heavy atom. The number of hydrogen-bond donors (Lipinski definition) is 2. The summed E-state index contributed by atoms with van der Waals surface area (Å²) >= 11 is 6.08. The van der Waals surface area contributed by atoms with Crippen LogP contribution in [-0.4, -0.2) is 18.5 Å². The molecule has 4 heteroatoms. The van der Waals surface area contributed by atoms with Gasteiger partial charge in [0.2, 0.25) is 0 Å². The second-order valence-electron chi connectivity index (χ2n) is 5.91. The Kier molecular flexibility index (Phi) is 7.04. The van der Waals surface area contributed by atoms with E-state index in [-0.39, 0.29) is 5.91 Å². The lowest BCUT2D eigenvalue weighted by molar-refractivity contribution is -0.680. The molecule has 0 bridgehead atoms. The Hall–Kier alpha value is -1.06. The highest BCUT2D eigenvalue weighted by Gasteiger charge is 2.15. The van der Waals surface area contributed by atoms with Gasteiger partial charge < -0.3 is 10.6 Å². The number of hydrogen-bond acceptors (Lipinski definition) is 1. The smallest absolute Gasteiger partial charge is 0.275 e. The number of quaternary nitrogens is 1. The molecule has 0 atom stereocenters. The van der Waals surface area contributed by atoms with Crippen LogP contribution in [0.5, 0.6) is 0 Å². The highest BCUT2D eigenvalue weighted by Crippen LogP contribution is 2.15. The first-order valence-electron chi connectivity index (χ1n) is 8.09. The number of carbonyl (C=O) groups is 1. The third-order valence-electron chi connectivity index (χ3n) is 4.22. The van der Waals surface area contributed by atoms with Gasteiger partial charge in [-0.15, -0.1) is 0 Å². The van der Waals surface area contributed by atoms with Gasteiger partial charge in [0.1, 0.15) is 0 Å². The van der Waals surface area contributed by atoms with Gasteiger partial charge in [0.25, 0.3) is 5.91 Å². The van der Waals surface area contributed by atoms with Crippen molar-refractivity contribution in [3.63, 3.8) is 0 Å². The van der Waals surface area contributed by atoms with Crippen LogP contribution in [0.25, 0.3) is 0 Å². The van der Waals surface area contributed by atoms with Crippen LogP contribution >= 0.6 is 11.6 Å². The highest BCUT2D eigenvalue weighted by atomic mass is 35.5. The van der Waals surface area contributed by atoms with Crippen molar-refractivity contribution in [3.05, 3.63) is 34.9 Å². The molecule has 2 rings (SSSR count). The van der Waals surface area contributed by atoms with Crippen LogP contribution in [0, 0.1) is 0 Å². The molecule has 0 heterocycles. The first-order valence-corrected chi connectivity index (χ1v) is 8.47. The Morgan fingerprint density at radius 2 is 1.81 bits per heavy atom. The van der Waals surface area contributed by atoms with Gasteiger partial charge in [-0.1, -0.05) is 49.1 Å². The molecule has 0 radical (unpaired) electrons. The van der Waals surface area contributed by atoms with E-state index in [1.54, 1.807) is 0 Å². The molecule has 0 aliphatic heterocycles. The summed E-state index contributed by atoms with van der Waals surface area (Å²) in [7, 11) is 0. The summed E-state index contributed by atoms with van der Waals surface area (Å²) in [6, 6.07) is 8.26. The number of carbonyl (C=O) groups excluding carboxylic acids is 1. The molecule has 0 spiro atoms. The Balaban J connectivity index is 1.68. The fourth-order valence-corrected chi connectivity index (χ4v) is 3.11. The van der Waals surface area contributed by atoms with Crippen molar-refractivity contribution >= 4 is 17.5 Å². The van der Waals surface area contributed by atoms with E-state index in [4.69, 9.17) is 11.6 Å². The van der Waals surface area contributed by atoms with Crippen LogP contribution in [0.1, 0.15) is 50.5 Å². The number of nitrogens with one attached hydrogen (secondary N) is 1. The molecule has 0 aromatic heterocycles. The van der Waals surface area contributed by atoms with Crippen molar-refractivity contribution in [2.75, 3.05) is 6.54 Å². The molecule has 1 aromatic rings. The first kappa shape index (κ1) is 16.3. The predicted octanol–water partition coefficient (Wildman–Crippen LogP) is 2.63. The van der Waals surface area contributed by atoms with Crippen molar-refractivity contribution in [2.24, 2.45) is 0 Å². The maximum absolute atomic E-state index is 11.9. The average Bonchev–Trinajstić information content (AvgIpc) is 2.45. The lowest BCUT2D eigenvalue weighted by Crippen LogP contribution is -2.92. The fraction of sp³-hybridized carbons (Fsp3) is 0.588. The molecule has 116 valence electrons. The van der Waals surface area contributed by atoms with Crippen LogP contribution in [0.2, 0.25) is 5.02 Å². The lowest BCUT2D eigenvalue weighted by atomic mass is 9.97. The summed E-state index contributed by atoms with van der Waals surface area (Å²) in [6.07, 6.45) is 9.19. The summed E-state index contributed by atoms with van der Waals surface area (Å²) in [5.41, 5.74) is 0.971. The molecular weight excluding hydrogens is 284 g/mol. The summed E-state index contributed by atoms with van der Waals surface area (Å²) in [5.74, 6) is 0.0944. The Bertz CT molecular complexity index is 442. The monoisotopic (exact) mass is 309 g/mol. The zero-order chi connectivity index (χ0) is 14.9. The van der Waals surface area contributed by atoms with Crippen molar-refractivity contribution in [3.8, 4) is 0 Å². The van der Waals surface area contributed by atoms with Gasteiger partial charge in [-0.25, -0.2) is 0 Å². The van der Waals surface area contributed by atoms with Crippen LogP contribution in [-0.2, 0) is 11.3 Å². The van der Waals surface area contributed by atoms with Gasteiger partial charge in [0.15, 0.2) is 6.54 Å². The highest BCUT2D eigenvalue weighted by molar-refractivity contribution is 6.31. The van der Waals surface area contributed by atoms with E-state index >= 15 is 0 Å². The normalized spacial score (nSPS) is 17.0. The van der Waals surface area contributed by atoms with E-state index in [0.717, 1.165) is 5.56 Å². The summed E-state index contributed by atoms with van der Waals surface area (Å²) < 4.78 is 0. The molecule has 21 heavy (non-hydrogen) atoms. The number of nitrogens with two attached hydrogens (primary N) is 1. The van der Waals surface area contributed by atoms with E-state index in [1.807, 2.05) is 24.3 Å². The second-order valence-corrected chi connectivity index (χ2v) is 6.32. The molecule has 1 amide bonds. The van der Waals surface area contributed by atoms with Gasteiger partial charge in [0.05, 0.1) is 6.04 Å². The van der Waals surface area contributed by atoms with E-state index in [2.05, 4.69) is 10.6 Å². The predicted molar refractivity (Wildman–Crippen MR) is 86.2 cm³/mol. The van der Waals surface area contributed by atoms with E-state index < -0.39 is 0 Å². The minimum atomic E-state index is 0.0944. The average molecular weight is 310 g/mol. The molecule has 3 N–H and O–H groups in total. The molecular formula is C17H26ClN2O+. The number of benzene rings is 1. The molecule has 1 aliphatic carbocycles. The molecule has 3 nitrogen and oxygen atoms in total. The SMILES string of the molecule is O=C(C[NH2+]C1CCCCCCC1)NCc1ccccc1Cl. The zero-order valence-electron chi connectivity index (χ0n) is 12.6. The standard InChI is InChI=1S/C17H25ClN2O/c18-16-11-7-6-8-14(16)12-20-17(21)13-19-15-9-4-2-1-3-5-10-15/h6-8,11,15,19H,1-5,9-10,12-13H2,(H,20,21)/p+1. The van der Waals surface area contributed by atoms with E-state index in [1.165, 1.54) is 44.9 Å². The molecule has 1 saturated carbocycles. The Morgan fingerprint density at radius 3 is 2.52 bits per heavy atom. The molecule has 0 unspecified atom stereocenters. The van der Waals surface area contributed by atoms with E-state index in [0.29, 0.717) is 24.2 Å². The fourth-order valence-electron chi connectivity index (χ4n) is 2.90. The summed E-state index contributed by atoms with van der Waals surface area (Å²) in [5, 5.41) is 5.88. The van der Waals surface area contributed by atoms with Crippen LogP contribution < -0.4 is 10.6 Å². The summed E-state index contributed by atoms with van der Waals surface area (Å²) in [6.45, 7) is 1.03. The second kappa shape index (κ2) is 9.06.